The number of piperidine rings is 1. The summed E-state index contributed by atoms with van der Waals surface area (Å²) in [5.41, 5.74) is -0.694. The van der Waals surface area contributed by atoms with Crippen molar-refractivity contribution in [2.24, 2.45) is 23.2 Å². The highest BCUT2D eigenvalue weighted by Gasteiger charge is 2.47. The molecule has 0 bridgehead atoms. The van der Waals surface area contributed by atoms with E-state index in [0.717, 1.165) is 12.8 Å². The maximum atomic E-state index is 14.1. The van der Waals surface area contributed by atoms with E-state index < -0.39 is 53.6 Å². The number of nitrogens with zero attached hydrogens (tertiary/aromatic N) is 2. The van der Waals surface area contributed by atoms with Crippen LogP contribution in [0.25, 0.3) is 0 Å². The van der Waals surface area contributed by atoms with Crippen molar-refractivity contribution in [3.63, 3.8) is 0 Å². The molecule has 0 aromatic carbocycles. The molecule has 0 radical (unpaired) electrons. The molecule has 2 rings (SSSR count). The number of hydrogen-bond acceptors (Lipinski definition) is 6. The highest BCUT2D eigenvalue weighted by molar-refractivity contribution is 6.37. The van der Waals surface area contributed by atoms with Gasteiger partial charge in [0.1, 0.15) is 12.1 Å². The fraction of sp³-hybridized carbons (Fsp3) is 0.742. The zero-order valence-corrected chi connectivity index (χ0v) is 27.0. The van der Waals surface area contributed by atoms with Crippen molar-refractivity contribution in [1.29, 1.82) is 0 Å². The zero-order chi connectivity index (χ0) is 32.5. The van der Waals surface area contributed by atoms with Gasteiger partial charge in [-0.2, -0.15) is 0 Å². The largest absolute Gasteiger partial charge is 0.347 e. The summed E-state index contributed by atoms with van der Waals surface area (Å²) in [6, 6.07) is -2.65. The van der Waals surface area contributed by atoms with E-state index in [-0.39, 0.29) is 36.2 Å². The minimum absolute atomic E-state index is 0.0456. The minimum atomic E-state index is -0.954. The lowest BCUT2D eigenvalue weighted by Crippen LogP contribution is -2.61. The maximum absolute atomic E-state index is 14.1. The average molecular weight is 605 g/mol. The molecule has 0 saturated carbocycles. The fourth-order valence-electron chi connectivity index (χ4n) is 5.58. The van der Waals surface area contributed by atoms with Crippen LogP contribution in [0.15, 0.2) is 12.7 Å². The number of carbonyl (C=O) groups is 6. The number of Topliss-reactive ketones (excluding diaryl/α,β-unsaturated/α-hetero) is 1. The van der Waals surface area contributed by atoms with Crippen LogP contribution >= 0.6 is 0 Å². The highest BCUT2D eigenvalue weighted by atomic mass is 16.2. The molecule has 2 heterocycles. The zero-order valence-electron chi connectivity index (χ0n) is 27.0. The quantitative estimate of drug-likeness (QED) is 0.185. The van der Waals surface area contributed by atoms with Crippen molar-refractivity contribution in [1.82, 2.24) is 31.1 Å². The first-order chi connectivity index (χ1) is 20.1. The number of carbonyl (C=O) groups excluding carboxylic acids is 6. The number of ketones is 1. The van der Waals surface area contributed by atoms with Gasteiger partial charge >= 0.3 is 6.03 Å². The molecule has 12 heteroatoms. The predicted octanol–water partition coefficient (Wildman–Crippen LogP) is 1.60. The third kappa shape index (κ3) is 10.1. The molecule has 4 N–H and O–H groups in total. The van der Waals surface area contributed by atoms with E-state index in [0.29, 0.717) is 32.5 Å². The average Bonchev–Trinajstić information content (AvgIpc) is 3.38. The third-order valence-electron chi connectivity index (χ3n) is 8.28. The summed E-state index contributed by atoms with van der Waals surface area (Å²) in [6.45, 7) is 17.9. The van der Waals surface area contributed by atoms with E-state index in [1.54, 1.807) is 4.90 Å². The van der Waals surface area contributed by atoms with Crippen LogP contribution in [0.4, 0.5) is 4.79 Å². The Hall–Kier alpha value is -3.44. The van der Waals surface area contributed by atoms with Crippen LogP contribution < -0.4 is 21.3 Å². The van der Waals surface area contributed by atoms with Gasteiger partial charge in [0, 0.05) is 32.6 Å². The first-order valence-electron chi connectivity index (χ1n) is 15.4. The topological polar surface area (TPSA) is 157 Å². The van der Waals surface area contributed by atoms with Crippen LogP contribution in [-0.4, -0.2) is 96.1 Å². The normalized spacial score (nSPS) is 20.4. The van der Waals surface area contributed by atoms with Crippen LogP contribution in [0.5, 0.6) is 0 Å². The molecule has 242 valence electrons. The molecule has 0 unspecified atom stereocenters. The van der Waals surface area contributed by atoms with E-state index in [9.17, 15) is 28.8 Å². The standard InChI is InChI=1S/C31H52N6O6/c1-9-14-32-27(40)23(38)17-33-28(41)25-21(19(2)3)13-16-37(25)29(42)26(31(6,7)8)35-30(43)34-22(20(4)5)18-36-15-11-10-12-24(36)39/h9,19-22,25-26H,1,10-18H2,2-8H3,(H,32,40)(H,33,41)(H2,34,35,43)/t21-,22-,25+,26-/m1/s1. The lowest BCUT2D eigenvalue weighted by molar-refractivity contribution is -0.143. The Labute approximate surface area is 256 Å². The molecule has 43 heavy (non-hydrogen) atoms. The van der Waals surface area contributed by atoms with Crippen LogP contribution in [0, 0.1) is 23.2 Å². The van der Waals surface area contributed by atoms with E-state index in [1.165, 1.54) is 11.0 Å². The Morgan fingerprint density at radius 2 is 1.67 bits per heavy atom. The molecule has 4 atom stereocenters. The monoisotopic (exact) mass is 604 g/mol. The second-order valence-electron chi connectivity index (χ2n) is 13.4. The molecular weight excluding hydrogens is 552 g/mol. The SMILES string of the molecule is C=CCNC(=O)C(=O)CNC(=O)[C@@H]1[C@@H](C(C)C)CCN1C(=O)[C@@H](NC(=O)N[C@H](CN1CCCCC1=O)C(C)C)C(C)(C)C. The van der Waals surface area contributed by atoms with Gasteiger partial charge in [0.05, 0.1) is 12.6 Å². The maximum Gasteiger partial charge on any atom is 0.315 e. The Morgan fingerprint density at radius 1 is 1.00 bits per heavy atom. The van der Waals surface area contributed by atoms with Gasteiger partial charge in [-0.05, 0) is 42.4 Å². The Bertz CT molecular complexity index is 1050. The van der Waals surface area contributed by atoms with Gasteiger partial charge in [-0.15, -0.1) is 6.58 Å². The van der Waals surface area contributed by atoms with E-state index in [4.69, 9.17) is 0 Å². The first-order valence-corrected chi connectivity index (χ1v) is 15.4. The molecular formula is C31H52N6O6. The van der Waals surface area contributed by atoms with Crippen molar-refractivity contribution in [3.05, 3.63) is 12.7 Å². The number of rotatable bonds is 13. The Kier molecular flexibility index (Phi) is 13.2. The fourth-order valence-corrected chi connectivity index (χ4v) is 5.58. The second-order valence-corrected chi connectivity index (χ2v) is 13.4. The van der Waals surface area contributed by atoms with Crippen LogP contribution in [0.1, 0.15) is 74.1 Å². The molecule has 2 aliphatic rings. The Balaban J connectivity index is 2.18. The van der Waals surface area contributed by atoms with Gasteiger partial charge in [0.2, 0.25) is 23.5 Å². The van der Waals surface area contributed by atoms with Crippen LogP contribution in [0.2, 0.25) is 0 Å². The second kappa shape index (κ2) is 15.9. The third-order valence-corrected chi connectivity index (χ3v) is 8.28. The summed E-state index contributed by atoms with van der Waals surface area (Å²) in [7, 11) is 0. The van der Waals surface area contributed by atoms with E-state index in [1.807, 2.05) is 48.5 Å². The number of nitrogens with one attached hydrogen (secondary N) is 4. The van der Waals surface area contributed by atoms with Gasteiger partial charge < -0.3 is 31.1 Å². The summed E-state index contributed by atoms with van der Waals surface area (Å²) in [6.07, 6.45) is 4.34. The molecule has 0 spiro atoms. The van der Waals surface area contributed by atoms with Gasteiger partial charge in [-0.25, -0.2) is 4.79 Å². The number of likely N-dealkylation sites (tertiary alicyclic amines) is 2. The van der Waals surface area contributed by atoms with E-state index in [2.05, 4.69) is 27.8 Å². The van der Waals surface area contributed by atoms with Gasteiger partial charge in [0.15, 0.2) is 0 Å². The van der Waals surface area contributed by atoms with Crippen molar-refractivity contribution in [3.8, 4) is 0 Å². The number of hydrogen-bond donors (Lipinski definition) is 4. The summed E-state index contributed by atoms with van der Waals surface area (Å²) >= 11 is 0. The van der Waals surface area contributed by atoms with Crippen LogP contribution in [-0.2, 0) is 24.0 Å². The van der Waals surface area contributed by atoms with Gasteiger partial charge in [-0.1, -0.05) is 54.5 Å². The molecule has 6 amide bonds. The van der Waals surface area contributed by atoms with Crippen molar-refractivity contribution in [2.75, 3.05) is 32.7 Å². The lowest BCUT2D eigenvalue weighted by Gasteiger charge is -2.37. The molecule has 0 aromatic rings. The van der Waals surface area contributed by atoms with Crippen molar-refractivity contribution in [2.45, 2.75) is 92.3 Å². The van der Waals surface area contributed by atoms with Gasteiger partial charge in [-0.3, -0.25) is 24.0 Å². The smallest absolute Gasteiger partial charge is 0.315 e. The molecule has 0 aromatic heterocycles. The number of urea groups is 1. The van der Waals surface area contributed by atoms with Gasteiger partial charge in [0.25, 0.3) is 5.91 Å². The number of amides is 6. The summed E-state index contributed by atoms with van der Waals surface area (Å²) in [4.78, 5) is 80.6. The minimum Gasteiger partial charge on any atom is -0.347 e. The molecule has 2 aliphatic heterocycles. The highest BCUT2D eigenvalue weighted by Crippen LogP contribution is 2.33. The summed E-state index contributed by atoms with van der Waals surface area (Å²) in [5.74, 6) is -2.52. The summed E-state index contributed by atoms with van der Waals surface area (Å²) in [5, 5.41) is 10.8. The van der Waals surface area contributed by atoms with Crippen molar-refractivity contribution < 1.29 is 28.8 Å². The van der Waals surface area contributed by atoms with Crippen molar-refractivity contribution >= 4 is 35.4 Å². The molecule has 2 fully saturated rings. The van der Waals surface area contributed by atoms with E-state index >= 15 is 0 Å². The lowest BCUT2D eigenvalue weighted by atomic mass is 9.84. The molecule has 2 saturated heterocycles. The summed E-state index contributed by atoms with van der Waals surface area (Å²) < 4.78 is 0. The van der Waals surface area contributed by atoms with Crippen LogP contribution in [0.3, 0.4) is 0 Å². The Morgan fingerprint density at radius 3 is 2.23 bits per heavy atom. The first kappa shape index (κ1) is 35.8. The molecule has 12 nitrogen and oxygen atoms in total. The predicted molar refractivity (Wildman–Crippen MR) is 164 cm³/mol. The molecule has 0 aliphatic carbocycles.